The Balaban J connectivity index is 1.98. The van der Waals surface area contributed by atoms with Gasteiger partial charge in [0.25, 0.3) is 0 Å². The summed E-state index contributed by atoms with van der Waals surface area (Å²) in [5.74, 6) is 1.27. The van der Waals surface area contributed by atoms with Gasteiger partial charge in [-0.25, -0.2) is 4.98 Å². The molecule has 1 atom stereocenters. The third-order valence-corrected chi connectivity index (χ3v) is 3.20. The van der Waals surface area contributed by atoms with E-state index >= 15 is 0 Å². The summed E-state index contributed by atoms with van der Waals surface area (Å²) in [6.45, 7) is 0.712. The smallest absolute Gasteiger partial charge is 0.129 e. The fourth-order valence-corrected chi connectivity index (χ4v) is 2.22. The molecular formula is C14H14N2O2. The summed E-state index contributed by atoms with van der Waals surface area (Å²) in [4.78, 5) is 3.99. The predicted octanol–water partition coefficient (Wildman–Crippen LogP) is 1.68. The highest BCUT2D eigenvalue weighted by molar-refractivity contribution is 5.47. The summed E-state index contributed by atoms with van der Waals surface area (Å²) in [5.41, 5.74) is 8.36. The van der Waals surface area contributed by atoms with Crippen molar-refractivity contribution in [1.29, 1.82) is 0 Å². The molecule has 0 amide bonds. The van der Waals surface area contributed by atoms with E-state index < -0.39 is 6.10 Å². The van der Waals surface area contributed by atoms with Gasteiger partial charge in [-0.3, -0.25) is 0 Å². The van der Waals surface area contributed by atoms with E-state index in [2.05, 4.69) is 4.98 Å². The first-order valence-electron chi connectivity index (χ1n) is 5.90. The zero-order valence-corrected chi connectivity index (χ0v) is 9.84. The van der Waals surface area contributed by atoms with Crippen LogP contribution in [0.2, 0.25) is 0 Å². The minimum absolute atomic E-state index is 0.363. The van der Waals surface area contributed by atoms with E-state index in [1.807, 2.05) is 18.2 Å². The summed E-state index contributed by atoms with van der Waals surface area (Å²) >= 11 is 0. The highest BCUT2D eigenvalue weighted by Crippen LogP contribution is 2.31. The molecule has 3 rings (SSSR count). The lowest BCUT2D eigenvalue weighted by atomic mass is 9.99. The van der Waals surface area contributed by atoms with Crippen LogP contribution in [0.25, 0.3) is 0 Å². The number of anilines is 1. The number of ether oxygens (including phenoxy) is 1. The lowest BCUT2D eigenvalue weighted by Crippen LogP contribution is -2.05. The van der Waals surface area contributed by atoms with Crippen molar-refractivity contribution in [3.8, 4) is 5.75 Å². The van der Waals surface area contributed by atoms with E-state index in [0.717, 1.165) is 23.3 Å². The van der Waals surface area contributed by atoms with Gasteiger partial charge in [0.05, 0.1) is 6.61 Å². The van der Waals surface area contributed by atoms with Gasteiger partial charge in [-0.05, 0) is 29.3 Å². The molecule has 0 bridgehead atoms. The van der Waals surface area contributed by atoms with Crippen LogP contribution < -0.4 is 10.5 Å². The Bertz CT molecular complexity index is 584. The molecule has 1 aliphatic rings. The molecule has 0 saturated heterocycles. The number of pyridine rings is 1. The molecule has 1 unspecified atom stereocenters. The summed E-state index contributed by atoms with van der Waals surface area (Å²) in [6.07, 6.45) is 1.75. The van der Waals surface area contributed by atoms with Crippen molar-refractivity contribution in [2.75, 3.05) is 12.3 Å². The van der Waals surface area contributed by atoms with Gasteiger partial charge in [0, 0.05) is 18.2 Å². The molecule has 2 aromatic rings. The number of nitrogens with zero attached hydrogens (tertiary/aromatic N) is 1. The minimum atomic E-state index is -0.746. The van der Waals surface area contributed by atoms with Gasteiger partial charge in [-0.1, -0.05) is 12.1 Å². The fraction of sp³-hybridized carbons (Fsp3) is 0.214. The maximum Gasteiger partial charge on any atom is 0.129 e. The van der Waals surface area contributed by atoms with Gasteiger partial charge < -0.3 is 15.6 Å². The highest BCUT2D eigenvalue weighted by Gasteiger charge is 2.18. The number of fused-ring (bicyclic) bond motifs is 1. The van der Waals surface area contributed by atoms with Crippen molar-refractivity contribution < 1.29 is 9.84 Å². The van der Waals surface area contributed by atoms with Gasteiger partial charge in [0.15, 0.2) is 0 Å². The first kappa shape index (κ1) is 11.0. The average molecular weight is 242 g/mol. The zero-order chi connectivity index (χ0) is 12.5. The number of hydrogen-bond donors (Lipinski definition) is 2. The second kappa shape index (κ2) is 4.31. The van der Waals surface area contributed by atoms with Crippen molar-refractivity contribution in [3.05, 3.63) is 53.2 Å². The van der Waals surface area contributed by atoms with Crippen LogP contribution in [0.5, 0.6) is 5.75 Å². The second-order valence-corrected chi connectivity index (χ2v) is 4.35. The van der Waals surface area contributed by atoms with Crippen molar-refractivity contribution >= 4 is 5.82 Å². The molecule has 2 heterocycles. The van der Waals surface area contributed by atoms with Crippen LogP contribution in [-0.4, -0.2) is 16.7 Å². The van der Waals surface area contributed by atoms with E-state index in [4.69, 9.17) is 10.5 Å². The Morgan fingerprint density at radius 2 is 2.22 bits per heavy atom. The maximum atomic E-state index is 10.3. The Kier molecular flexibility index (Phi) is 2.64. The van der Waals surface area contributed by atoms with Gasteiger partial charge in [0.2, 0.25) is 0 Å². The molecule has 1 aromatic carbocycles. The van der Waals surface area contributed by atoms with Crippen molar-refractivity contribution in [1.82, 2.24) is 4.98 Å². The second-order valence-electron chi connectivity index (χ2n) is 4.35. The average Bonchev–Trinajstić information content (AvgIpc) is 2.85. The van der Waals surface area contributed by atoms with Crippen LogP contribution >= 0.6 is 0 Å². The lowest BCUT2D eigenvalue weighted by Gasteiger charge is -2.13. The zero-order valence-electron chi connectivity index (χ0n) is 9.84. The molecule has 3 N–H and O–H groups in total. The number of benzene rings is 1. The van der Waals surface area contributed by atoms with Gasteiger partial charge in [-0.15, -0.1) is 0 Å². The van der Waals surface area contributed by atoms with Crippen molar-refractivity contribution in [2.45, 2.75) is 12.5 Å². The lowest BCUT2D eigenvalue weighted by molar-refractivity contribution is 0.220. The predicted molar refractivity (Wildman–Crippen MR) is 68.4 cm³/mol. The summed E-state index contributed by atoms with van der Waals surface area (Å²) < 4.78 is 5.44. The van der Waals surface area contributed by atoms with E-state index in [1.165, 1.54) is 0 Å². The number of nitrogen functional groups attached to an aromatic ring is 1. The number of aromatic nitrogens is 1. The number of aliphatic hydroxyl groups is 1. The number of nitrogens with two attached hydrogens (primary N) is 1. The van der Waals surface area contributed by atoms with E-state index in [0.29, 0.717) is 18.0 Å². The number of rotatable bonds is 2. The Hall–Kier alpha value is -2.07. The van der Waals surface area contributed by atoms with Crippen molar-refractivity contribution in [2.24, 2.45) is 0 Å². The quantitative estimate of drug-likeness (QED) is 0.840. The summed E-state index contributed by atoms with van der Waals surface area (Å²) in [6, 6.07) is 9.29. The molecule has 0 aliphatic carbocycles. The van der Waals surface area contributed by atoms with Gasteiger partial charge in [0.1, 0.15) is 17.7 Å². The third-order valence-electron chi connectivity index (χ3n) is 3.20. The third kappa shape index (κ3) is 1.80. The fourth-order valence-electron chi connectivity index (χ4n) is 2.22. The minimum Gasteiger partial charge on any atom is -0.493 e. The van der Waals surface area contributed by atoms with Crippen LogP contribution in [0.3, 0.4) is 0 Å². The molecular weight excluding hydrogens is 228 g/mol. The van der Waals surface area contributed by atoms with Crippen molar-refractivity contribution in [3.63, 3.8) is 0 Å². The molecule has 92 valence electrons. The van der Waals surface area contributed by atoms with Gasteiger partial charge >= 0.3 is 0 Å². The monoisotopic (exact) mass is 242 g/mol. The Labute approximate surface area is 105 Å². The van der Waals surface area contributed by atoms with Crippen LogP contribution in [0, 0.1) is 0 Å². The first-order chi connectivity index (χ1) is 8.75. The number of aliphatic hydroxyl groups excluding tert-OH is 1. The van der Waals surface area contributed by atoms with E-state index in [9.17, 15) is 5.11 Å². The molecule has 0 fully saturated rings. The normalized spacial score (nSPS) is 14.9. The first-order valence-corrected chi connectivity index (χ1v) is 5.90. The standard InChI is InChI=1S/C14H14N2O2/c15-14-11(2-1-6-16-14)13(17)10-3-4-12-9(8-10)5-7-18-12/h1-4,6,8,13,17H,5,7H2,(H2,15,16). The van der Waals surface area contributed by atoms with E-state index in [1.54, 1.807) is 18.3 Å². The maximum absolute atomic E-state index is 10.3. The van der Waals surface area contributed by atoms with E-state index in [-0.39, 0.29) is 0 Å². The molecule has 4 heteroatoms. The molecule has 18 heavy (non-hydrogen) atoms. The van der Waals surface area contributed by atoms with Crippen LogP contribution in [0.1, 0.15) is 22.8 Å². The largest absolute Gasteiger partial charge is 0.493 e. The van der Waals surface area contributed by atoms with Gasteiger partial charge in [-0.2, -0.15) is 0 Å². The SMILES string of the molecule is Nc1ncccc1C(O)c1ccc2c(c1)CCO2. The van der Waals surface area contributed by atoms with Crippen LogP contribution in [0.15, 0.2) is 36.5 Å². The summed E-state index contributed by atoms with van der Waals surface area (Å²) in [7, 11) is 0. The molecule has 0 spiro atoms. The molecule has 0 radical (unpaired) electrons. The molecule has 1 aromatic heterocycles. The summed E-state index contributed by atoms with van der Waals surface area (Å²) in [5, 5.41) is 10.3. The molecule has 1 aliphatic heterocycles. The van der Waals surface area contributed by atoms with Crippen LogP contribution in [0.4, 0.5) is 5.82 Å². The number of hydrogen-bond acceptors (Lipinski definition) is 4. The topological polar surface area (TPSA) is 68.4 Å². The Morgan fingerprint density at radius 1 is 1.33 bits per heavy atom. The Morgan fingerprint density at radius 3 is 3.06 bits per heavy atom. The van der Waals surface area contributed by atoms with Crippen LogP contribution in [-0.2, 0) is 6.42 Å². The molecule has 4 nitrogen and oxygen atoms in total. The highest BCUT2D eigenvalue weighted by atomic mass is 16.5. The molecule has 0 saturated carbocycles.